The van der Waals surface area contributed by atoms with Crippen molar-refractivity contribution >= 4 is 16.8 Å². The molecule has 0 aliphatic carbocycles. The molecule has 3 rings (SSSR count). The lowest BCUT2D eigenvalue weighted by Gasteiger charge is -2.14. The number of pyridine rings is 1. The molecule has 0 atom stereocenters. The van der Waals surface area contributed by atoms with E-state index in [0.717, 1.165) is 28.6 Å². The first-order valence-electron chi connectivity index (χ1n) is 9.56. The second-order valence-electron chi connectivity index (χ2n) is 7.01. The molecule has 0 bridgehead atoms. The van der Waals surface area contributed by atoms with Crippen LogP contribution in [0.15, 0.2) is 41.3 Å². The highest BCUT2D eigenvalue weighted by Gasteiger charge is 2.17. The fourth-order valence-corrected chi connectivity index (χ4v) is 3.59. The lowest BCUT2D eigenvalue weighted by atomic mass is 10.1. The van der Waals surface area contributed by atoms with E-state index in [9.17, 15) is 9.59 Å². The summed E-state index contributed by atoms with van der Waals surface area (Å²) in [4.78, 5) is 28.8. The SMILES string of the molecule is COCCCn1c(C)cc(C)c(C(=O)NCCc2c[nH]c3ccccc23)c1=O. The number of amides is 1. The zero-order valence-electron chi connectivity index (χ0n) is 16.7. The van der Waals surface area contributed by atoms with Crippen LogP contribution >= 0.6 is 0 Å². The van der Waals surface area contributed by atoms with Gasteiger partial charge in [0.2, 0.25) is 0 Å². The number of carbonyl (C=O) groups excluding carboxylic acids is 1. The number of aromatic amines is 1. The summed E-state index contributed by atoms with van der Waals surface area (Å²) in [6, 6.07) is 9.97. The van der Waals surface area contributed by atoms with E-state index in [1.54, 1.807) is 11.7 Å². The summed E-state index contributed by atoms with van der Waals surface area (Å²) in [6.45, 7) is 5.28. The summed E-state index contributed by atoms with van der Waals surface area (Å²) in [5.41, 5.74) is 3.77. The van der Waals surface area contributed by atoms with Gasteiger partial charge in [-0.2, -0.15) is 0 Å². The average Bonchev–Trinajstić information content (AvgIpc) is 3.07. The van der Waals surface area contributed by atoms with Crippen molar-refractivity contribution in [2.75, 3.05) is 20.3 Å². The van der Waals surface area contributed by atoms with Gasteiger partial charge in [-0.3, -0.25) is 9.59 Å². The van der Waals surface area contributed by atoms with E-state index in [-0.39, 0.29) is 17.0 Å². The van der Waals surface area contributed by atoms with Crippen LogP contribution in [0.5, 0.6) is 0 Å². The molecule has 0 saturated heterocycles. The van der Waals surface area contributed by atoms with Crippen LogP contribution in [0.2, 0.25) is 0 Å². The number of aromatic nitrogens is 2. The second-order valence-corrected chi connectivity index (χ2v) is 7.01. The maximum Gasteiger partial charge on any atom is 0.263 e. The minimum Gasteiger partial charge on any atom is -0.385 e. The molecule has 148 valence electrons. The molecule has 0 saturated carbocycles. The summed E-state index contributed by atoms with van der Waals surface area (Å²) < 4.78 is 6.72. The predicted molar refractivity (Wildman–Crippen MR) is 111 cm³/mol. The van der Waals surface area contributed by atoms with Gasteiger partial charge in [0, 0.05) is 49.6 Å². The number of fused-ring (bicyclic) bond motifs is 1. The van der Waals surface area contributed by atoms with Gasteiger partial charge in [-0.25, -0.2) is 0 Å². The summed E-state index contributed by atoms with van der Waals surface area (Å²) in [6.07, 6.45) is 3.39. The van der Waals surface area contributed by atoms with Gasteiger partial charge in [0.25, 0.3) is 11.5 Å². The number of carbonyl (C=O) groups is 1. The lowest BCUT2D eigenvalue weighted by molar-refractivity contribution is 0.0951. The van der Waals surface area contributed by atoms with Crippen molar-refractivity contribution in [3.63, 3.8) is 0 Å². The number of hydrogen-bond acceptors (Lipinski definition) is 3. The Morgan fingerprint density at radius 3 is 2.82 bits per heavy atom. The van der Waals surface area contributed by atoms with Crippen molar-refractivity contribution in [2.45, 2.75) is 33.2 Å². The third-order valence-electron chi connectivity index (χ3n) is 5.02. The van der Waals surface area contributed by atoms with Crippen LogP contribution < -0.4 is 10.9 Å². The molecule has 0 aliphatic rings. The molecule has 3 aromatic rings. The molecule has 28 heavy (non-hydrogen) atoms. The lowest BCUT2D eigenvalue weighted by Crippen LogP contribution is -2.36. The van der Waals surface area contributed by atoms with Crippen LogP contribution in [0.1, 0.15) is 33.6 Å². The Bertz CT molecular complexity index is 1030. The van der Waals surface area contributed by atoms with Gasteiger partial charge in [0.05, 0.1) is 0 Å². The number of para-hydroxylation sites is 1. The number of nitrogens with one attached hydrogen (secondary N) is 2. The van der Waals surface area contributed by atoms with E-state index in [4.69, 9.17) is 4.74 Å². The van der Waals surface area contributed by atoms with Crippen molar-refractivity contribution in [1.29, 1.82) is 0 Å². The highest BCUT2D eigenvalue weighted by molar-refractivity contribution is 5.95. The third kappa shape index (κ3) is 4.17. The van der Waals surface area contributed by atoms with E-state index < -0.39 is 0 Å². The molecular weight excluding hydrogens is 354 g/mol. The Balaban J connectivity index is 1.71. The summed E-state index contributed by atoms with van der Waals surface area (Å²) >= 11 is 0. The highest BCUT2D eigenvalue weighted by atomic mass is 16.5. The number of rotatable bonds is 8. The van der Waals surface area contributed by atoms with Crippen molar-refractivity contribution < 1.29 is 9.53 Å². The average molecular weight is 381 g/mol. The molecular formula is C22H27N3O3. The van der Waals surface area contributed by atoms with E-state index in [1.807, 2.05) is 44.3 Å². The summed E-state index contributed by atoms with van der Waals surface area (Å²) in [7, 11) is 1.64. The molecule has 6 heteroatoms. The maximum absolute atomic E-state index is 12.9. The Hall–Kier alpha value is -2.86. The van der Waals surface area contributed by atoms with Crippen LogP contribution in [0.25, 0.3) is 10.9 Å². The quantitative estimate of drug-likeness (QED) is 0.589. The second kappa shape index (κ2) is 8.89. The zero-order valence-corrected chi connectivity index (χ0v) is 16.7. The molecule has 6 nitrogen and oxygen atoms in total. The topological polar surface area (TPSA) is 76.1 Å². The van der Waals surface area contributed by atoms with Crippen LogP contribution in [-0.4, -0.2) is 35.7 Å². The monoisotopic (exact) mass is 381 g/mol. The third-order valence-corrected chi connectivity index (χ3v) is 5.02. The molecule has 0 spiro atoms. The number of H-pyrrole nitrogens is 1. The molecule has 0 radical (unpaired) electrons. The zero-order chi connectivity index (χ0) is 20.1. The normalized spacial score (nSPS) is 11.1. The number of hydrogen-bond donors (Lipinski definition) is 2. The number of benzene rings is 1. The first kappa shape index (κ1) is 19.9. The van der Waals surface area contributed by atoms with Gasteiger partial charge >= 0.3 is 0 Å². The number of nitrogens with zero attached hydrogens (tertiary/aromatic N) is 1. The van der Waals surface area contributed by atoms with Crippen molar-refractivity contribution in [3.8, 4) is 0 Å². The maximum atomic E-state index is 12.9. The molecule has 2 N–H and O–H groups in total. The summed E-state index contributed by atoms with van der Waals surface area (Å²) in [5.74, 6) is -0.317. The largest absolute Gasteiger partial charge is 0.385 e. The number of methoxy groups -OCH3 is 1. The van der Waals surface area contributed by atoms with E-state index >= 15 is 0 Å². The molecule has 0 fully saturated rings. The first-order valence-corrected chi connectivity index (χ1v) is 9.56. The number of ether oxygens (including phenoxy) is 1. The smallest absolute Gasteiger partial charge is 0.263 e. The van der Waals surface area contributed by atoms with Crippen molar-refractivity contribution in [2.24, 2.45) is 0 Å². The fourth-order valence-electron chi connectivity index (χ4n) is 3.59. The van der Waals surface area contributed by atoms with Crippen molar-refractivity contribution in [3.05, 3.63) is 69.3 Å². The molecule has 1 amide bonds. The Kier molecular flexibility index (Phi) is 6.31. The molecule has 0 aliphatic heterocycles. The minimum absolute atomic E-state index is 0.224. The molecule has 2 aromatic heterocycles. The van der Waals surface area contributed by atoms with Gasteiger partial charge in [0.15, 0.2) is 0 Å². The standard InChI is InChI=1S/C22H27N3O3/c1-15-13-16(2)25(11-6-12-28-3)22(27)20(15)21(26)23-10-9-17-14-24-19-8-5-4-7-18(17)19/h4-5,7-8,13-14,24H,6,9-12H2,1-3H3,(H,23,26). The van der Waals surface area contributed by atoms with Gasteiger partial charge in [-0.1, -0.05) is 18.2 Å². The van der Waals surface area contributed by atoms with Crippen molar-refractivity contribution in [1.82, 2.24) is 14.9 Å². The van der Waals surface area contributed by atoms with Gasteiger partial charge in [0.1, 0.15) is 5.56 Å². The fraction of sp³-hybridized carbons (Fsp3) is 0.364. The van der Waals surface area contributed by atoms with Crippen LogP contribution in [0.4, 0.5) is 0 Å². The van der Waals surface area contributed by atoms with E-state index in [1.165, 1.54) is 0 Å². The predicted octanol–water partition coefficient (Wildman–Crippen LogP) is 2.96. The Morgan fingerprint density at radius 1 is 1.25 bits per heavy atom. The first-order chi connectivity index (χ1) is 13.5. The van der Waals surface area contributed by atoms with Gasteiger partial charge < -0.3 is 19.6 Å². The van der Waals surface area contributed by atoms with Gasteiger partial charge in [-0.15, -0.1) is 0 Å². The minimum atomic E-state index is -0.317. The van der Waals surface area contributed by atoms with E-state index in [2.05, 4.69) is 16.4 Å². The van der Waals surface area contributed by atoms with Crippen LogP contribution in [0, 0.1) is 13.8 Å². The van der Waals surface area contributed by atoms with Crippen LogP contribution in [-0.2, 0) is 17.7 Å². The van der Waals surface area contributed by atoms with Crippen LogP contribution in [0.3, 0.4) is 0 Å². The molecule has 0 unspecified atom stereocenters. The summed E-state index contributed by atoms with van der Waals surface area (Å²) in [5, 5.41) is 4.06. The Morgan fingerprint density at radius 2 is 2.04 bits per heavy atom. The molecule has 2 heterocycles. The molecule has 1 aromatic carbocycles. The number of aryl methyl sites for hydroxylation is 2. The Labute approximate surface area is 164 Å². The van der Waals surface area contributed by atoms with E-state index in [0.29, 0.717) is 31.7 Å². The highest BCUT2D eigenvalue weighted by Crippen LogP contribution is 2.17. The van der Waals surface area contributed by atoms with Gasteiger partial charge in [-0.05, 0) is 49.9 Å².